The number of piperazine rings is 1. The molecule has 0 saturated carbocycles. The Morgan fingerprint density at radius 1 is 1.06 bits per heavy atom. The van der Waals surface area contributed by atoms with Crippen LogP contribution in [0.15, 0.2) is 41.2 Å². The minimum atomic E-state index is -0.437. The fourth-order valence-electron chi connectivity index (χ4n) is 5.65. The summed E-state index contributed by atoms with van der Waals surface area (Å²) in [6, 6.07) is 9.97. The van der Waals surface area contributed by atoms with E-state index in [2.05, 4.69) is 0 Å². The number of pyridine rings is 1. The van der Waals surface area contributed by atoms with Crippen molar-refractivity contribution < 1.29 is 19.2 Å². The van der Waals surface area contributed by atoms with Gasteiger partial charge in [0.05, 0.1) is 11.5 Å². The number of ether oxygens (including phenoxy) is 1. The second-order valence-electron chi connectivity index (χ2n) is 9.54. The number of hydrogen-bond donors (Lipinski definition) is 0. The molecule has 1 aromatic heterocycles. The molecule has 3 aliphatic heterocycles. The number of nitrogens with zero attached hydrogens (tertiary/aromatic N) is 5. The smallest absolute Gasteiger partial charge is 0.409 e. The number of fused-ring (bicyclic) bond motifs is 4. The summed E-state index contributed by atoms with van der Waals surface area (Å²) in [5.74, 6) is 0.0351. The van der Waals surface area contributed by atoms with E-state index < -0.39 is 11.0 Å². The molecule has 0 N–H and O–H groups in total. The Balaban J connectivity index is 1.34. The zero-order valence-electron chi connectivity index (χ0n) is 20.2. The number of hydrogen-bond acceptors (Lipinski definition) is 7. The fourth-order valence-corrected chi connectivity index (χ4v) is 5.65. The molecular formula is C25H29N5O6. The van der Waals surface area contributed by atoms with Crippen LogP contribution in [0.5, 0.6) is 0 Å². The quantitative estimate of drug-likeness (QED) is 0.472. The van der Waals surface area contributed by atoms with Gasteiger partial charge in [-0.2, -0.15) is 0 Å². The molecule has 2 saturated heterocycles. The third-order valence-corrected chi connectivity index (χ3v) is 7.33. The van der Waals surface area contributed by atoms with Crippen LogP contribution < -0.4 is 10.5 Å². The Kier molecular flexibility index (Phi) is 6.38. The van der Waals surface area contributed by atoms with E-state index in [0.29, 0.717) is 51.5 Å². The standard InChI is InChI=1S/C25H29N5O6/c1-2-36-25(33)27-10-8-26(9-11-27)24(32)18-6-7-21(22(13-18)30(34)35)28-14-17-12-19(16-28)20-4-3-5-23(31)29(20)15-17/h3-7,13,17,19H,2,8-12,14-16H2,1H3. The summed E-state index contributed by atoms with van der Waals surface area (Å²) in [6.07, 6.45) is 0.547. The first-order valence-electron chi connectivity index (χ1n) is 12.3. The molecular weight excluding hydrogens is 466 g/mol. The summed E-state index contributed by atoms with van der Waals surface area (Å²) in [7, 11) is 0. The van der Waals surface area contributed by atoms with Gasteiger partial charge in [0.25, 0.3) is 17.2 Å². The molecule has 190 valence electrons. The van der Waals surface area contributed by atoms with Crippen LogP contribution in [0.3, 0.4) is 0 Å². The maximum atomic E-state index is 13.1. The summed E-state index contributed by atoms with van der Waals surface area (Å²) in [5.41, 5.74) is 1.61. The van der Waals surface area contributed by atoms with E-state index in [4.69, 9.17) is 4.74 Å². The van der Waals surface area contributed by atoms with E-state index in [1.807, 2.05) is 15.5 Å². The molecule has 2 fully saturated rings. The molecule has 2 unspecified atom stereocenters. The van der Waals surface area contributed by atoms with Crippen molar-refractivity contribution in [2.75, 3.05) is 50.8 Å². The first kappa shape index (κ1) is 23.8. The number of nitro benzene ring substituents is 1. The van der Waals surface area contributed by atoms with Gasteiger partial charge in [-0.25, -0.2) is 4.79 Å². The van der Waals surface area contributed by atoms with Crippen LogP contribution in [0.1, 0.15) is 35.3 Å². The van der Waals surface area contributed by atoms with E-state index in [1.165, 1.54) is 6.07 Å². The van der Waals surface area contributed by atoms with E-state index >= 15 is 0 Å². The molecule has 2 bridgehead atoms. The van der Waals surface area contributed by atoms with Gasteiger partial charge in [0.15, 0.2) is 0 Å². The highest BCUT2D eigenvalue weighted by Gasteiger charge is 2.37. The molecule has 0 radical (unpaired) electrons. The second kappa shape index (κ2) is 9.63. The molecule has 0 aliphatic carbocycles. The zero-order valence-corrected chi connectivity index (χ0v) is 20.2. The number of aromatic nitrogens is 1. The van der Waals surface area contributed by atoms with Gasteiger partial charge in [0.1, 0.15) is 5.69 Å². The Morgan fingerprint density at radius 2 is 1.81 bits per heavy atom. The Bertz CT molecular complexity index is 1250. The van der Waals surface area contributed by atoms with Gasteiger partial charge in [-0.15, -0.1) is 0 Å². The number of carbonyl (C=O) groups is 2. The van der Waals surface area contributed by atoms with Crippen molar-refractivity contribution >= 4 is 23.4 Å². The summed E-state index contributed by atoms with van der Waals surface area (Å²) >= 11 is 0. The topological polar surface area (TPSA) is 118 Å². The number of amides is 2. The summed E-state index contributed by atoms with van der Waals surface area (Å²) < 4.78 is 6.84. The molecule has 11 nitrogen and oxygen atoms in total. The largest absolute Gasteiger partial charge is 0.450 e. The molecule has 5 rings (SSSR count). The summed E-state index contributed by atoms with van der Waals surface area (Å²) in [6.45, 7) is 5.19. The molecule has 2 aromatic rings. The van der Waals surface area contributed by atoms with Crippen LogP contribution in [0.4, 0.5) is 16.2 Å². The minimum absolute atomic E-state index is 0.00687. The van der Waals surface area contributed by atoms with Gasteiger partial charge in [0.2, 0.25) is 0 Å². The van der Waals surface area contributed by atoms with E-state index in [1.54, 1.807) is 41.0 Å². The monoisotopic (exact) mass is 495 g/mol. The lowest BCUT2D eigenvalue weighted by molar-refractivity contribution is -0.384. The summed E-state index contributed by atoms with van der Waals surface area (Å²) in [4.78, 5) is 54.1. The lowest BCUT2D eigenvalue weighted by atomic mass is 9.83. The van der Waals surface area contributed by atoms with Crippen molar-refractivity contribution in [2.24, 2.45) is 5.92 Å². The van der Waals surface area contributed by atoms with Crippen LogP contribution in [0.25, 0.3) is 0 Å². The predicted octanol–water partition coefficient (Wildman–Crippen LogP) is 2.29. The van der Waals surface area contributed by atoms with Crippen molar-refractivity contribution in [3.8, 4) is 0 Å². The van der Waals surface area contributed by atoms with Crippen LogP contribution >= 0.6 is 0 Å². The highest BCUT2D eigenvalue weighted by atomic mass is 16.6. The molecule has 11 heteroatoms. The molecule has 36 heavy (non-hydrogen) atoms. The number of anilines is 1. The van der Waals surface area contributed by atoms with Gasteiger partial charge in [-0.1, -0.05) is 6.07 Å². The number of rotatable bonds is 4. The average Bonchev–Trinajstić information content (AvgIpc) is 2.88. The first-order valence-corrected chi connectivity index (χ1v) is 12.3. The lowest BCUT2D eigenvalue weighted by Crippen LogP contribution is -2.50. The van der Waals surface area contributed by atoms with Crippen LogP contribution in [-0.4, -0.2) is 77.2 Å². The van der Waals surface area contributed by atoms with Crippen molar-refractivity contribution in [2.45, 2.75) is 25.8 Å². The highest BCUT2D eigenvalue weighted by Crippen LogP contribution is 2.39. The number of nitro groups is 1. The third-order valence-electron chi connectivity index (χ3n) is 7.33. The maximum Gasteiger partial charge on any atom is 0.409 e. The highest BCUT2D eigenvalue weighted by molar-refractivity contribution is 5.96. The Morgan fingerprint density at radius 3 is 2.53 bits per heavy atom. The van der Waals surface area contributed by atoms with E-state index in [-0.39, 0.29) is 41.2 Å². The molecule has 0 spiro atoms. The van der Waals surface area contributed by atoms with Crippen molar-refractivity contribution in [3.05, 3.63) is 68.1 Å². The van der Waals surface area contributed by atoms with Crippen molar-refractivity contribution in [1.82, 2.24) is 14.4 Å². The van der Waals surface area contributed by atoms with Gasteiger partial charge in [-0.3, -0.25) is 19.7 Å². The van der Waals surface area contributed by atoms with Crippen molar-refractivity contribution in [1.29, 1.82) is 0 Å². The second-order valence-corrected chi connectivity index (χ2v) is 9.54. The molecule has 1 aromatic carbocycles. The van der Waals surface area contributed by atoms with Gasteiger partial charge < -0.3 is 24.0 Å². The average molecular weight is 496 g/mol. The van der Waals surface area contributed by atoms with Crippen LogP contribution in [0.2, 0.25) is 0 Å². The minimum Gasteiger partial charge on any atom is -0.450 e. The number of benzene rings is 1. The third kappa shape index (κ3) is 4.40. The van der Waals surface area contributed by atoms with Gasteiger partial charge >= 0.3 is 6.09 Å². The molecule has 2 amide bonds. The van der Waals surface area contributed by atoms with Crippen LogP contribution in [-0.2, 0) is 11.3 Å². The molecule has 3 aliphatic rings. The van der Waals surface area contributed by atoms with Crippen LogP contribution in [0, 0.1) is 16.0 Å². The lowest BCUT2D eigenvalue weighted by Gasteiger charge is -2.43. The number of carbonyl (C=O) groups excluding carboxylic acids is 2. The zero-order chi connectivity index (χ0) is 25.4. The number of piperidine rings is 1. The van der Waals surface area contributed by atoms with E-state index in [0.717, 1.165) is 12.1 Å². The normalized spacial score (nSPS) is 21.1. The fraction of sp³-hybridized carbons (Fsp3) is 0.480. The maximum absolute atomic E-state index is 13.1. The molecule has 2 atom stereocenters. The van der Waals surface area contributed by atoms with Crippen molar-refractivity contribution in [3.63, 3.8) is 0 Å². The predicted molar refractivity (Wildman–Crippen MR) is 131 cm³/mol. The SMILES string of the molecule is CCOC(=O)N1CCN(C(=O)c2ccc(N3CC4CC(C3)c3cccc(=O)n3C4)c([N+](=O)[O-])c2)CC1. The Hall–Kier alpha value is -3.89. The van der Waals surface area contributed by atoms with Gasteiger partial charge in [-0.05, 0) is 37.5 Å². The van der Waals surface area contributed by atoms with Gasteiger partial charge in [0, 0.05) is 75.1 Å². The Labute approximate surface area is 208 Å². The van der Waals surface area contributed by atoms with E-state index in [9.17, 15) is 24.5 Å². The first-order chi connectivity index (χ1) is 17.4. The molecule has 4 heterocycles. The summed E-state index contributed by atoms with van der Waals surface area (Å²) in [5, 5.41) is 12.0.